The van der Waals surface area contributed by atoms with Crippen LogP contribution < -0.4 is 5.32 Å². The summed E-state index contributed by atoms with van der Waals surface area (Å²) in [6, 6.07) is 7.96. The molecule has 1 unspecified atom stereocenters. The van der Waals surface area contributed by atoms with E-state index in [4.69, 9.17) is 5.11 Å². The van der Waals surface area contributed by atoms with Gasteiger partial charge in [-0.3, -0.25) is 4.79 Å². The van der Waals surface area contributed by atoms with Crippen LogP contribution in [-0.2, 0) is 4.79 Å². The summed E-state index contributed by atoms with van der Waals surface area (Å²) in [6.07, 6.45) is 1.92. The van der Waals surface area contributed by atoms with Gasteiger partial charge in [0, 0.05) is 12.6 Å². The Bertz CT molecular complexity index is 509. The van der Waals surface area contributed by atoms with Crippen LogP contribution in [-0.4, -0.2) is 34.6 Å². The van der Waals surface area contributed by atoms with Crippen LogP contribution in [0.15, 0.2) is 24.3 Å². The number of rotatable bonds is 6. The molecule has 1 atom stereocenters. The number of carbonyl (C=O) groups excluding carboxylic acids is 1. The van der Waals surface area contributed by atoms with Crippen molar-refractivity contribution in [2.45, 2.75) is 45.2 Å². The van der Waals surface area contributed by atoms with Gasteiger partial charge in [0.05, 0.1) is 12.5 Å². The number of hydrogen-bond donors (Lipinski definition) is 2. The normalized spacial score (nSPS) is 15.3. The fraction of sp³-hybridized carbons (Fsp3) is 0.500. The zero-order valence-electron chi connectivity index (χ0n) is 12.5. The van der Waals surface area contributed by atoms with E-state index in [1.807, 2.05) is 38.1 Å². The Kier molecular flexibility index (Phi) is 4.83. The Morgan fingerprint density at radius 2 is 1.95 bits per heavy atom. The lowest BCUT2D eigenvalue weighted by atomic mass is 10.1. The molecule has 0 saturated heterocycles. The summed E-state index contributed by atoms with van der Waals surface area (Å²) in [7, 11) is 0. The van der Waals surface area contributed by atoms with E-state index in [0.29, 0.717) is 0 Å². The first-order valence-electron chi connectivity index (χ1n) is 7.33. The van der Waals surface area contributed by atoms with Gasteiger partial charge in [0.2, 0.25) is 0 Å². The summed E-state index contributed by atoms with van der Waals surface area (Å²) in [5.74, 6) is -0.875. The second kappa shape index (κ2) is 6.61. The van der Waals surface area contributed by atoms with E-state index in [0.717, 1.165) is 18.4 Å². The molecule has 0 aromatic heterocycles. The lowest BCUT2D eigenvalue weighted by molar-refractivity contribution is -0.137. The number of nitrogens with zero attached hydrogens (tertiary/aromatic N) is 1. The molecular formula is C16H22N2O3. The monoisotopic (exact) mass is 290 g/mol. The van der Waals surface area contributed by atoms with E-state index >= 15 is 0 Å². The first-order valence-corrected chi connectivity index (χ1v) is 7.33. The average molecular weight is 290 g/mol. The maximum absolute atomic E-state index is 12.3. The third-order valence-corrected chi connectivity index (χ3v) is 3.73. The molecule has 1 aromatic rings. The fourth-order valence-corrected chi connectivity index (χ4v) is 2.26. The Morgan fingerprint density at radius 3 is 2.48 bits per heavy atom. The van der Waals surface area contributed by atoms with E-state index in [1.54, 1.807) is 4.90 Å². The first kappa shape index (κ1) is 15.4. The van der Waals surface area contributed by atoms with Gasteiger partial charge in [0.25, 0.3) is 0 Å². The van der Waals surface area contributed by atoms with Crippen molar-refractivity contribution >= 4 is 12.0 Å². The predicted octanol–water partition coefficient (Wildman–Crippen LogP) is 2.70. The highest BCUT2D eigenvalue weighted by molar-refractivity contribution is 5.76. The van der Waals surface area contributed by atoms with Crippen LogP contribution in [0.25, 0.3) is 0 Å². The first-order chi connectivity index (χ1) is 9.97. The molecule has 1 aromatic carbocycles. The summed E-state index contributed by atoms with van der Waals surface area (Å²) in [5, 5.41) is 11.7. The van der Waals surface area contributed by atoms with Crippen LogP contribution in [0.4, 0.5) is 4.79 Å². The van der Waals surface area contributed by atoms with E-state index in [1.165, 1.54) is 5.56 Å². The molecule has 1 saturated carbocycles. The lowest BCUT2D eigenvalue weighted by Gasteiger charge is -2.25. The predicted molar refractivity (Wildman–Crippen MR) is 80.1 cm³/mol. The topological polar surface area (TPSA) is 69.6 Å². The van der Waals surface area contributed by atoms with Crippen LogP contribution in [0, 0.1) is 6.92 Å². The molecule has 5 nitrogen and oxygen atoms in total. The molecule has 1 fully saturated rings. The highest BCUT2D eigenvalue weighted by Crippen LogP contribution is 2.27. The minimum Gasteiger partial charge on any atom is -0.481 e. The van der Waals surface area contributed by atoms with Gasteiger partial charge >= 0.3 is 12.0 Å². The van der Waals surface area contributed by atoms with Gasteiger partial charge in [0.1, 0.15) is 0 Å². The smallest absolute Gasteiger partial charge is 0.318 e. The minimum atomic E-state index is -0.875. The molecule has 5 heteroatoms. The van der Waals surface area contributed by atoms with Crippen molar-refractivity contribution < 1.29 is 14.7 Å². The van der Waals surface area contributed by atoms with Gasteiger partial charge in [-0.15, -0.1) is 0 Å². The van der Waals surface area contributed by atoms with E-state index in [2.05, 4.69) is 5.32 Å². The third kappa shape index (κ3) is 4.48. The third-order valence-electron chi connectivity index (χ3n) is 3.73. The zero-order chi connectivity index (χ0) is 15.4. The Morgan fingerprint density at radius 1 is 1.33 bits per heavy atom. The summed E-state index contributed by atoms with van der Waals surface area (Å²) in [5.41, 5.74) is 2.22. The zero-order valence-corrected chi connectivity index (χ0v) is 12.5. The van der Waals surface area contributed by atoms with Crippen LogP contribution in [0.5, 0.6) is 0 Å². The summed E-state index contributed by atoms with van der Waals surface area (Å²) in [6.45, 7) is 4.23. The van der Waals surface area contributed by atoms with E-state index < -0.39 is 5.97 Å². The van der Waals surface area contributed by atoms with Crippen LogP contribution in [0.1, 0.15) is 43.4 Å². The van der Waals surface area contributed by atoms with E-state index in [9.17, 15) is 9.59 Å². The molecule has 0 radical (unpaired) electrons. The number of hydrogen-bond acceptors (Lipinski definition) is 2. The van der Waals surface area contributed by atoms with Gasteiger partial charge in [-0.2, -0.15) is 0 Å². The maximum Gasteiger partial charge on any atom is 0.318 e. The quantitative estimate of drug-likeness (QED) is 0.846. The molecule has 1 aliphatic rings. The highest BCUT2D eigenvalue weighted by Gasteiger charge is 2.33. The van der Waals surface area contributed by atoms with Crippen LogP contribution in [0.3, 0.4) is 0 Å². The van der Waals surface area contributed by atoms with Gasteiger partial charge < -0.3 is 15.3 Å². The number of carboxylic acid groups (broad SMARTS) is 1. The summed E-state index contributed by atoms with van der Waals surface area (Å²) >= 11 is 0. The molecule has 0 heterocycles. The van der Waals surface area contributed by atoms with Crippen molar-refractivity contribution in [2.75, 3.05) is 6.54 Å². The fourth-order valence-electron chi connectivity index (χ4n) is 2.26. The van der Waals surface area contributed by atoms with Crippen molar-refractivity contribution in [3.05, 3.63) is 35.4 Å². The van der Waals surface area contributed by atoms with E-state index in [-0.39, 0.29) is 31.1 Å². The maximum atomic E-state index is 12.3. The Labute approximate surface area is 125 Å². The number of aliphatic carboxylic acids is 1. The highest BCUT2D eigenvalue weighted by atomic mass is 16.4. The summed E-state index contributed by atoms with van der Waals surface area (Å²) < 4.78 is 0. The summed E-state index contributed by atoms with van der Waals surface area (Å²) in [4.78, 5) is 24.6. The van der Waals surface area contributed by atoms with Gasteiger partial charge in [0.15, 0.2) is 0 Å². The molecule has 2 amide bonds. The van der Waals surface area contributed by atoms with Crippen LogP contribution in [0.2, 0.25) is 0 Å². The second-order valence-corrected chi connectivity index (χ2v) is 5.65. The molecule has 2 N–H and O–H groups in total. The number of benzene rings is 1. The molecular weight excluding hydrogens is 268 g/mol. The largest absolute Gasteiger partial charge is 0.481 e. The lowest BCUT2D eigenvalue weighted by Crippen LogP contribution is -2.43. The molecule has 21 heavy (non-hydrogen) atoms. The number of carbonyl (C=O) groups is 2. The van der Waals surface area contributed by atoms with Gasteiger partial charge in [-0.25, -0.2) is 4.79 Å². The number of carboxylic acids is 1. The number of nitrogens with one attached hydrogen (secondary N) is 1. The number of aryl methyl sites for hydroxylation is 1. The molecule has 0 aliphatic heterocycles. The van der Waals surface area contributed by atoms with Crippen LogP contribution >= 0.6 is 0 Å². The average Bonchev–Trinajstić information content (AvgIpc) is 3.23. The van der Waals surface area contributed by atoms with Crippen molar-refractivity contribution in [1.29, 1.82) is 0 Å². The molecule has 114 valence electrons. The number of urea groups is 1. The standard InChI is InChI=1S/C16H22N2O3/c1-11-3-5-13(6-4-11)12(2)17-16(21)18(14-7-8-14)10-9-15(19)20/h3-6,12,14H,7-10H2,1-2H3,(H,17,21)(H,19,20). The number of amides is 2. The van der Waals surface area contributed by atoms with Crippen molar-refractivity contribution in [1.82, 2.24) is 10.2 Å². The molecule has 1 aliphatic carbocycles. The van der Waals surface area contributed by atoms with Crippen molar-refractivity contribution in [3.8, 4) is 0 Å². The molecule has 0 bridgehead atoms. The SMILES string of the molecule is Cc1ccc(C(C)NC(=O)N(CCC(=O)O)C2CC2)cc1. The Balaban J connectivity index is 1.94. The van der Waals surface area contributed by atoms with Crippen molar-refractivity contribution in [2.24, 2.45) is 0 Å². The van der Waals surface area contributed by atoms with Crippen molar-refractivity contribution in [3.63, 3.8) is 0 Å². The molecule has 2 rings (SSSR count). The van der Waals surface area contributed by atoms with Gasteiger partial charge in [-0.05, 0) is 32.3 Å². The second-order valence-electron chi connectivity index (χ2n) is 5.65. The van der Waals surface area contributed by atoms with Gasteiger partial charge in [-0.1, -0.05) is 29.8 Å². The molecule has 0 spiro atoms. The Hall–Kier alpha value is -2.04. The minimum absolute atomic E-state index is 0.0111.